The normalized spacial score (nSPS) is 11.3. The number of pyridine rings is 1. The van der Waals surface area contributed by atoms with E-state index in [4.69, 9.17) is 0 Å². The highest BCUT2D eigenvalue weighted by Crippen LogP contribution is 2.26. The summed E-state index contributed by atoms with van der Waals surface area (Å²) >= 11 is 1.71. The fraction of sp³-hybridized carbons (Fsp3) is 0. The Labute approximate surface area is 107 Å². The average molecular weight is 251 g/mol. The first-order chi connectivity index (χ1) is 8.93. The summed E-state index contributed by atoms with van der Waals surface area (Å²) in [7, 11) is 0. The van der Waals surface area contributed by atoms with Gasteiger partial charge in [0.05, 0.1) is 17.2 Å². The van der Waals surface area contributed by atoms with Crippen molar-refractivity contribution in [1.82, 2.24) is 14.5 Å². The first kappa shape index (κ1) is 9.79. The van der Waals surface area contributed by atoms with Crippen LogP contribution in [0.25, 0.3) is 26.9 Å². The van der Waals surface area contributed by atoms with Crippen LogP contribution in [0, 0.1) is 0 Å². The molecule has 0 N–H and O–H groups in total. The molecule has 0 saturated carbocycles. The van der Waals surface area contributed by atoms with E-state index in [2.05, 4.69) is 38.1 Å². The largest absolute Gasteiger partial charge is 0.289 e. The van der Waals surface area contributed by atoms with Gasteiger partial charge in [0.2, 0.25) is 0 Å². The maximum atomic E-state index is 4.43. The maximum absolute atomic E-state index is 4.43. The van der Waals surface area contributed by atoms with E-state index in [0.717, 1.165) is 21.9 Å². The average Bonchev–Trinajstić information content (AvgIpc) is 3.07. The Morgan fingerprint density at radius 3 is 2.78 bits per heavy atom. The first-order valence-electron chi connectivity index (χ1n) is 5.68. The maximum Gasteiger partial charge on any atom is 0.108 e. The SMILES string of the molecule is c1csc(-n2cnc3cnc4ccccc4c32)c1. The Balaban J connectivity index is 2.19. The van der Waals surface area contributed by atoms with E-state index in [9.17, 15) is 0 Å². The number of aromatic nitrogens is 3. The lowest BCUT2D eigenvalue weighted by molar-refractivity contribution is 1.13. The molecule has 4 rings (SSSR count). The van der Waals surface area contributed by atoms with Crippen LogP contribution < -0.4 is 0 Å². The molecule has 3 nitrogen and oxygen atoms in total. The van der Waals surface area contributed by atoms with Crippen molar-refractivity contribution in [1.29, 1.82) is 0 Å². The Kier molecular flexibility index (Phi) is 1.98. The molecule has 0 bridgehead atoms. The van der Waals surface area contributed by atoms with Crippen molar-refractivity contribution in [3.05, 3.63) is 54.3 Å². The van der Waals surface area contributed by atoms with Gasteiger partial charge < -0.3 is 0 Å². The van der Waals surface area contributed by atoms with Crippen molar-refractivity contribution in [2.75, 3.05) is 0 Å². The molecule has 3 aromatic heterocycles. The molecule has 0 radical (unpaired) electrons. The summed E-state index contributed by atoms with van der Waals surface area (Å²) in [4.78, 5) is 8.86. The highest BCUT2D eigenvalue weighted by atomic mass is 32.1. The monoisotopic (exact) mass is 251 g/mol. The van der Waals surface area contributed by atoms with Crippen LogP contribution in [0.4, 0.5) is 0 Å². The molecule has 3 heterocycles. The summed E-state index contributed by atoms with van der Waals surface area (Å²) in [5, 5.41) is 4.39. The van der Waals surface area contributed by atoms with E-state index >= 15 is 0 Å². The van der Waals surface area contributed by atoms with E-state index in [0.29, 0.717) is 0 Å². The molecule has 1 aromatic carbocycles. The number of imidazole rings is 1. The third kappa shape index (κ3) is 1.29. The minimum atomic E-state index is 0.933. The van der Waals surface area contributed by atoms with Crippen LogP contribution in [0.1, 0.15) is 0 Å². The molecule has 4 aromatic rings. The van der Waals surface area contributed by atoms with Gasteiger partial charge in [-0.15, -0.1) is 11.3 Å². The molecule has 0 spiro atoms. The molecule has 86 valence electrons. The minimum absolute atomic E-state index is 0.933. The molecule has 0 amide bonds. The number of hydrogen-bond donors (Lipinski definition) is 0. The predicted octanol–water partition coefficient (Wildman–Crippen LogP) is 3.64. The highest BCUT2D eigenvalue weighted by molar-refractivity contribution is 7.12. The number of fused-ring (bicyclic) bond motifs is 3. The van der Waals surface area contributed by atoms with Gasteiger partial charge in [0.25, 0.3) is 0 Å². The second kappa shape index (κ2) is 3.65. The van der Waals surface area contributed by atoms with Crippen molar-refractivity contribution in [2.24, 2.45) is 0 Å². The van der Waals surface area contributed by atoms with Gasteiger partial charge >= 0.3 is 0 Å². The molecule has 0 saturated heterocycles. The van der Waals surface area contributed by atoms with Gasteiger partial charge in [-0.1, -0.05) is 18.2 Å². The van der Waals surface area contributed by atoms with Gasteiger partial charge in [0.1, 0.15) is 16.8 Å². The molecular formula is C14H9N3S. The molecule has 0 aliphatic rings. The number of para-hydroxylation sites is 1. The van der Waals surface area contributed by atoms with Gasteiger partial charge in [0, 0.05) is 5.39 Å². The zero-order chi connectivity index (χ0) is 11.9. The van der Waals surface area contributed by atoms with Gasteiger partial charge in [-0.25, -0.2) is 4.98 Å². The summed E-state index contributed by atoms with van der Waals surface area (Å²) in [5.41, 5.74) is 3.06. The molecule has 0 unspecified atom stereocenters. The van der Waals surface area contributed by atoms with Gasteiger partial charge in [0.15, 0.2) is 0 Å². The molecular weight excluding hydrogens is 242 g/mol. The van der Waals surface area contributed by atoms with Gasteiger partial charge in [-0.2, -0.15) is 0 Å². The van der Waals surface area contributed by atoms with Gasteiger partial charge in [-0.05, 0) is 23.6 Å². The third-order valence-corrected chi connectivity index (χ3v) is 3.89. The van der Waals surface area contributed by atoms with E-state index in [-0.39, 0.29) is 0 Å². The smallest absolute Gasteiger partial charge is 0.108 e. The minimum Gasteiger partial charge on any atom is -0.289 e. The summed E-state index contributed by atoms with van der Waals surface area (Å²) in [6.07, 6.45) is 3.70. The lowest BCUT2D eigenvalue weighted by Crippen LogP contribution is -1.89. The second-order valence-electron chi connectivity index (χ2n) is 4.08. The summed E-state index contributed by atoms with van der Waals surface area (Å²) in [5.74, 6) is 0. The van der Waals surface area contributed by atoms with Crippen LogP contribution in [-0.4, -0.2) is 14.5 Å². The number of nitrogens with zero attached hydrogens (tertiary/aromatic N) is 3. The van der Waals surface area contributed by atoms with Crippen LogP contribution in [0.3, 0.4) is 0 Å². The Morgan fingerprint density at radius 1 is 0.944 bits per heavy atom. The molecule has 0 fully saturated rings. The predicted molar refractivity (Wildman–Crippen MR) is 74.2 cm³/mol. The van der Waals surface area contributed by atoms with Crippen LogP contribution in [0.15, 0.2) is 54.3 Å². The molecule has 0 atom stereocenters. The fourth-order valence-corrected chi connectivity index (χ4v) is 2.92. The van der Waals surface area contributed by atoms with E-state index in [1.165, 1.54) is 5.00 Å². The topological polar surface area (TPSA) is 30.7 Å². The van der Waals surface area contributed by atoms with Gasteiger partial charge in [-0.3, -0.25) is 9.55 Å². The van der Waals surface area contributed by atoms with Crippen molar-refractivity contribution >= 4 is 33.3 Å². The van der Waals surface area contributed by atoms with Crippen molar-refractivity contribution in [3.8, 4) is 5.00 Å². The second-order valence-corrected chi connectivity index (χ2v) is 5.00. The quantitative estimate of drug-likeness (QED) is 0.517. The Hall–Kier alpha value is -2.20. The van der Waals surface area contributed by atoms with Crippen molar-refractivity contribution in [3.63, 3.8) is 0 Å². The first-order valence-corrected chi connectivity index (χ1v) is 6.56. The zero-order valence-corrected chi connectivity index (χ0v) is 10.3. The molecule has 0 aliphatic heterocycles. The van der Waals surface area contributed by atoms with E-state index < -0.39 is 0 Å². The van der Waals surface area contributed by atoms with Crippen molar-refractivity contribution in [2.45, 2.75) is 0 Å². The number of rotatable bonds is 1. The van der Waals surface area contributed by atoms with Crippen LogP contribution in [0.5, 0.6) is 0 Å². The molecule has 0 aliphatic carbocycles. The van der Waals surface area contributed by atoms with E-state index in [1.807, 2.05) is 30.7 Å². The summed E-state index contributed by atoms with van der Waals surface area (Å²) in [6.45, 7) is 0. The lowest BCUT2D eigenvalue weighted by atomic mass is 10.2. The molecule has 4 heteroatoms. The van der Waals surface area contributed by atoms with Crippen LogP contribution >= 0.6 is 11.3 Å². The molecule has 18 heavy (non-hydrogen) atoms. The van der Waals surface area contributed by atoms with Crippen LogP contribution in [-0.2, 0) is 0 Å². The third-order valence-electron chi connectivity index (χ3n) is 3.02. The number of hydrogen-bond acceptors (Lipinski definition) is 3. The fourth-order valence-electron chi connectivity index (χ4n) is 2.22. The number of benzene rings is 1. The zero-order valence-electron chi connectivity index (χ0n) is 9.45. The Bertz CT molecular complexity index is 831. The Morgan fingerprint density at radius 2 is 1.89 bits per heavy atom. The summed E-state index contributed by atoms with van der Waals surface area (Å²) < 4.78 is 2.13. The van der Waals surface area contributed by atoms with E-state index in [1.54, 1.807) is 11.3 Å². The summed E-state index contributed by atoms with van der Waals surface area (Å²) in [6, 6.07) is 12.3. The van der Waals surface area contributed by atoms with Crippen molar-refractivity contribution < 1.29 is 0 Å². The lowest BCUT2D eigenvalue weighted by Gasteiger charge is -2.03. The highest BCUT2D eigenvalue weighted by Gasteiger charge is 2.09. The standard InChI is InChI=1S/C14H9N3S/c1-2-5-11-10(4-1)14-12(8-15-11)16-9-17(14)13-6-3-7-18-13/h1-9H. The van der Waals surface area contributed by atoms with Crippen LogP contribution in [0.2, 0.25) is 0 Å². The number of thiophene rings is 1.